The summed E-state index contributed by atoms with van der Waals surface area (Å²) < 4.78 is 40.8. The lowest BCUT2D eigenvalue weighted by molar-refractivity contribution is 0.102. The summed E-state index contributed by atoms with van der Waals surface area (Å²) in [4.78, 5) is 12.4. The van der Waals surface area contributed by atoms with E-state index in [9.17, 15) is 17.6 Å². The zero-order valence-corrected chi connectivity index (χ0v) is 16.2. The average molecular weight is 411 g/mol. The standard InChI is InChI=1S/C19H20ClFN2O3S/c20-14-5-10-18(21)17(13-14)19(24)22-15-6-8-16(9-7-15)27(25,26)23-11-3-1-2-4-12-23/h5-10,13H,1-4,11-12H2,(H,22,24). The van der Waals surface area contributed by atoms with Crippen LogP contribution in [-0.4, -0.2) is 31.7 Å². The van der Waals surface area contributed by atoms with Crippen molar-refractivity contribution < 1.29 is 17.6 Å². The Morgan fingerprint density at radius 1 is 1.00 bits per heavy atom. The molecule has 27 heavy (non-hydrogen) atoms. The molecule has 1 aliphatic heterocycles. The van der Waals surface area contributed by atoms with Crippen LogP contribution >= 0.6 is 11.6 Å². The number of halogens is 2. The molecule has 0 unspecified atom stereocenters. The average Bonchev–Trinajstić information content (AvgIpc) is 2.94. The Labute approximate surface area is 163 Å². The molecule has 0 saturated carbocycles. The normalized spacial score (nSPS) is 15.9. The molecule has 3 rings (SSSR count). The van der Waals surface area contributed by atoms with E-state index < -0.39 is 21.7 Å². The minimum absolute atomic E-state index is 0.177. The molecule has 2 aromatic carbocycles. The van der Waals surface area contributed by atoms with Gasteiger partial charge >= 0.3 is 0 Å². The van der Waals surface area contributed by atoms with Gasteiger partial charge in [-0.1, -0.05) is 24.4 Å². The molecule has 2 aromatic rings. The van der Waals surface area contributed by atoms with Crippen LogP contribution in [0.15, 0.2) is 47.4 Å². The Bertz CT molecular complexity index is 924. The molecule has 1 aliphatic rings. The summed E-state index contributed by atoms with van der Waals surface area (Å²) in [5, 5.41) is 2.80. The van der Waals surface area contributed by atoms with Gasteiger partial charge in [-0.3, -0.25) is 4.79 Å². The number of carbonyl (C=O) groups is 1. The number of sulfonamides is 1. The summed E-state index contributed by atoms with van der Waals surface area (Å²) in [5.74, 6) is -1.34. The molecule has 0 aromatic heterocycles. The Morgan fingerprint density at radius 3 is 2.26 bits per heavy atom. The van der Waals surface area contributed by atoms with Crippen LogP contribution in [0.4, 0.5) is 10.1 Å². The van der Waals surface area contributed by atoms with Crippen molar-refractivity contribution in [2.75, 3.05) is 18.4 Å². The van der Waals surface area contributed by atoms with Crippen molar-refractivity contribution in [1.29, 1.82) is 0 Å². The van der Waals surface area contributed by atoms with E-state index in [-0.39, 0.29) is 15.5 Å². The van der Waals surface area contributed by atoms with Crippen LogP contribution in [0.1, 0.15) is 36.0 Å². The number of anilines is 1. The molecular weight excluding hydrogens is 391 g/mol. The lowest BCUT2D eigenvalue weighted by Crippen LogP contribution is -2.31. The van der Waals surface area contributed by atoms with Crippen LogP contribution in [0.3, 0.4) is 0 Å². The SMILES string of the molecule is O=C(Nc1ccc(S(=O)(=O)N2CCCCCC2)cc1)c1cc(Cl)ccc1F. The Hall–Kier alpha value is -1.96. The maximum atomic E-state index is 13.8. The van der Waals surface area contributed by atoms with E-state index in [0.29, 0.717) is 18.8 Å². The highest BCUT2D eigenvalue weighted by Crippen LogP contribution is 2.22. The van der Waals surface area contributed by atoms with E-state index in [0.717, 1.165) is 31.7 Å². The van der Waals surface area contributed by atoms with Crippen LogP contribution in [0.25, 0.3) is 0 Å². The van der Waals surface area contributed by atoms with E-state index in [4.69, 9.17) is 11.6 Å². The van der Waals surface area contributed by atoms with Gasteiger partial charge in [0.2, 0.25) is 10.0 Å². The summed E-state index contributed by atoms with van der Waals surface area (Å²) in [7, 11) is -3.55. The van der Waals surface area contributed by atoms with E-state index in [1.54, 1.807) is 0 Å². The number of amides is 1. The zero-order valence-electron chi connectivity index (χ0n) is 14.6. The molecule has 1 heterocycles. The van der Waals surface area contributed by atoms with Gasteiger partial charge in [0.25, 0.3) is 5.91 Å². The number of hydrogen-bond acceptors (Lipinski definition) is 3. The Kier molecular flexibility index (Phi) is 6.14. The summed E-state index contributed by atoms with van der Waals surface area (Å²) in [6.07, 6.45) is 3.80. The number of rotatable bonds is 4. The van der Waals surface area contributed by atoms with Gasteiger partial charge in [0.05, 0.1) is 10.5 Å². The molecule has 0 bridgehead atoms. The van der Waals surface area contributed by atoms with E-state index in [1.165, 1.54) is 40.7 Å². The van der Waals surface area contributed by atoms with E-state index >= 15 is 0 Å². The molecule has 0 spiro atoms. The fourth-order valence-corrected chi connectivity index (χ4v) is 4.70. The molecular formula is C19H20ClFN2O3S. The number of carbonyl (C=O) groups excluding carboxylic acids is 1. The number of nitrogens with one attached hydrogen (secondary N) is 1. The number of benzene rings is 2. The van der Waals surface area contributed by atoms with Crippen LogP contribution < -0.4 is 5.32 Å². The van der Waals surface area contributed by atoms with Crippen LogP contribution in [0.2, 0.25) is 5.02 Å². The van der Waals surface area contributed by atoms with E-state index in [2.05, 4.69) is 5.32 Å². The molecule has 0 radical (unpaired) electrons. The maximum Gasteiger partial charge on any atom is 0.258 e. The fourth-order valence-electron chi connectivity index (χ4n) is 3.01. The van der Waals surface area contributed by atoms with Crippen molar-refractivity contribution >= 4 is 33.2 Å². The minimum Gasteiger partial charge on any atom is -0.322 e. The van der Waals surface area contributed by atoms with Crippen molar-refractivity contribution in [1.82, 2.24) is 4.31 Å². The first-order valence-corrected chi connectivity index (χ1v) is 10.6. The lowest BCUT2D eigenvalue weighted by atomic mass is 10.2. The van der Waals surface area contributed by atoms with Gasteiger partial charge in [-0.25, -0.2) is 12.8 Å². The zero-order chi connectivity index (χ0) is 19.4. The predicted octanol–water partition coefficient (Wildman–Crippen LogP) is 4.30. The number of hydrogen-bond donors (Lipinski definition) is 1. The first kappa shape index (κ1) is 19.8. The monoisotopic (exact) mass is 410 g/mol. The first-order valence-electron chi connectivity index (χ1n) is 8.74. The molecule has 1 fully saturated rings. The van der Waals surface area contributed by atoms with Gasteiger partial charge < -0.3 is 5.32 Å². The van der Waals surface area contributed by atoms with Crippen LogP contribution in [0, 0.1) is 5.82 Å². The highest BCUT2D eigenvalue weighted by molar-refractivity contribution is 7.89. The summed E-state index contributed by atoms with van der Waals surface area (Å²) in [5.41, 5.74) is 0.193. The molecule has 5 nitrogen and oxygen atoms in total. The van der Waals surface area contributed by atoms with Crippen molar-refractivity contribution in [2.24, 2.45) is 0 Å². The van der Waals surface area contributed by atoms with Crippen molar-refractivity contribution in [3.8, 4) is 0 Å². The van der Waals surface area contributed by atoms with Crippen molar-refractivity contribution in [3.63, 3.8) is 0 Å². The molecule has 1 saturated heterocycles. The minimum atomic E-state index is -3.55. The molecule has 1 amide bonds. The molecule has 8 heteroatoms. The molecule has 1 N–H and O–H groups in total. The largest absolute Gasteiger partial charge is 0.322 e. The van der Waals surface area contributed by atoms with Gasteiger partial charge in [0, 0.05) is 23.8 Å². The quantitative estimate of drug-likeness (QED) is 0.817. The Morgan fingerprint density at radius 2 is 1.63 bits per heavy atom. The highest BCUT2D eigenvalue weighted by atomic mass is 35.5. The number of nitrogens with zero attached hydrogens (tertiary/aromatic N) is 1. The second kappa shape index (κ2) is 8.37. The van der Waals surface area contributed by atoms with Gasteiger partial charge in [0.1, 0.15) is 5.82 Å². The summed E-state index contributed by atoms with van der Waals surface area (Å²) in [6.45, 7) is 1.05. The first-order chi connectivity index (χ1) is 12.9. The van der Waals surface area contributed by atoms with Crippen molar-refractivity contribution in [2.45, 2.75) is 30.6 Å². The van der Waals surface area contributed by atoms with Gasteiger partial charge in [-0.15, -0.1) is 0 Å². The fraction of sp³-hybridized carbons (Fsp3) is 0.316. The summed E-state index contributed by atoms with van der Waals surface area (Å²) in [6, 6.07) is 9.60. The molecule has 144 valence electrons. The Balaban J connectivity index is 1.75. The summed E-state index contributed by atoms with van der Waals surface area (Å²) >= 11 is 5.80. The third-order valence-electron chi connectivity index (χ3n) is 4.49. The second-order valence-electron chi connectivity index (χ2n) is 6.42. The molecule has 0 atom stereocenters. The second-order valence-corrected chi connectivity index (χ2v) is 8.80. The molecule has 0 aliphatic carbocycles. The van der Waals surface area contributed by atoms with Gasteiger partial charge in [-0.05, 0) is 55.3 Å². The van der Waals surface area contributed by atoms with Crippen LogP contribution in [0.5, 0.6) is 0 Å². The predicted molar refractivity (Wildman–Crippen MR) is 103 cm³/mol. The van der Waals surface area contributed by atoms with E-state index in [1.807, 2.05) is 0 Å². The third-order valence-corrected chi connectivity index (χ3v) is 6.64. The van der Waals surface area contributed by atoms with Gasteiger partial charge in [0.15, 0.2) is 0 Å². The topological polar surface area (TPSA) is 66.5 Å². The highest BCUT2D eigenvalue weighted by Gasteiger charge is 2.25. The smallest absolute Gasteiger partial charge is 0.258 e. The maximum absolute atomic E-state index is 13.8. The van der Waals surface area contributed by atoms with Gasteiger partial charge in [-0.2, -0.15) is 4.31 Å². The lowest BCUT2D eigenvalue weighted by Gasteiger charge is -2.20. The third kappa shape index (κ3) is 4.66. The van der Waals surface area contributed by atoms with Crippen molar-refractivity contribution in [3.05, 3.63) is 58.9 Å². The van der Waals surface area contributed by atoms with Crippen LogP contribution in [-0.2, 0) is 10.0 Å².